The first-order chi connectivity index (χ1) is 12.8. The highest BCUT2D eigenvalue weighted by Crippen LogP contribution is 2.14. The van der Waals surface area contributed by atoms with Gasteiger partial charge in [0.25, 0.3) is 5.91 Å². The molecule has 7 heteroatoms. The summed E-state index contributed by atoms with van der Waals surface area (Å²) in [6.07, 6.45) is 0. The molecule has 2 aromatic rings. The van der Waals surface area contributed by atoms with Crippen molar-refractivity contribution in [3.8, 4) is 0 Å². The number of nitrogens with zero attached hydrogens (tertiary/aromatic N) is 2. The third-order valence-corrected chi connectivity index (χ3v) is 4.67. The van der Waals surface area contributed by atoms with Crippen molar-refractivity contribution in [2.45, 2.75) is 6.92 Å². The van der Waals surface area contributed by atoms with Crippen LogP contribution >= 0.6 is 0 Å². The van der Waals surface area contributed by atoms with Crippen LogP contribution in [0.2, 0.25) is 0 Å². The van der Waals surface area contributed by atoms with E-state index < -0.39 is 11.6 Å². The van der Waals surface area contributed by atoms with Crippen molar-refractivity contribution in [3.05, 3.63) is 70.5 Å². The van der Waals surface area contributed by atoms with E-state index in [2.05, 4.69) is 0 Å². The number of rotatable bonds is 4. The fourth-order valence-electron chi connectivity index (χ4n) is 3.03. The number of hydrogen-bond donors (Lipinski definition) is 0. The lowest BCUT2D eigenvalue weighted by Crippen LogP contribution is -2.49. The van der Waals surface area contributed by atoms with Gasteiger partial charge in [0.15, 0.2) is 17.4 Å². The maximum Gasteiger partial charge on any atom is 0.254 e. The zero-order valence-electron chi connectivity index (χ0n) is 14.8. The summed E-state index contributed by atoms with van der Waals surface area (Å²) >= 11 is 0. The van der Waals surface area contributed by atoms with Crippen LogP contribution in [-0.2, 0) is 0 Å². The highest BCUT2D eigenvalue weighted by atomic mass is 19.2. The lowest BCUT2D eigenvalue weighted by molar-refractivity contribution is 0.0624. The zero-order valence-corrected chi connectivity index (χ0v) is 14.8. The first-order valence-electron chi connectivity index (χ1n) is 8.61. The minimum absolute atomic E-state index is 0.0974. The maximum absolute atomic E-state index is 13.3. The first-order valence-corrected chi connectivity index (χ1v) is 8.61. The van der Waals surface area contributed by atoms with Crippen molar-refractivity contribution >= 4 is 11.7 Å². The van der Waals surface area contributed by atoms with Gasteiger partial charge in [0.2, 0.25) is 0 Å². The van der Waals surface area contributed by atoms with Crippen molar-refractivity contribution in [1.82, 2.24) is 9.80 Å². The van der Waals surface area contributed by atoms with Crippen LogP contribution in [0.25, 0.3) is 0 Å². The van der Waals surface area contributed by atoms with Crippen molar-refractivity contribution < 1.29 is 22.8 Å². The molecule has 1 aliphatic rings. The van der Waals surface area contributed by atoms with E-state index in [1.165, 1.54) is 24.3 Å². The summed E-state index contributed by atoms with van der Waals surface area (Å²) < 4.78 is 39.6. The van der Waals surface area contributed by atoms with E-state index >= 15 is 0 Å². The van der Waals surface area contributed by atoms with Gasteiger partial charge in [-0.15, -0.1) is 0 Å². The smallest absolute Gasteiger partial charge is 0.254 e. The van der Waals surface area contributed by atoms with E-state index in [1.54, 1.807) is 11.8 Å². The Bertz CT molecular complexity index is 878. The molecule has 4 nitrogen and oxygen atoms in total. The maximum atomic E-state index is 13.3. The van der Waals surface area contributed by atoms with Gasteiger partial charge in [0.05, 0.1) is 6.54 Å². The average molecular weight is 376 g/mol. The minimum Gasteiger partial charge on any atom is -0.336 e. The van der Waals surface area contributed by atoms with Gasteiger partial charge in [0, 0.05) is 37.3 Å². The second kappa shape index (κ2) is 7.92. The molecule has 3 rings (SSSR count). The molecule has 0 unspecified atom stereocenters. The van der Waals surface area contributed by atoms with Gasteiger partial charge < -0.3 is 4.90 Å². The molecule has 142 valence electrons. The summed E-state index contributed by atoms with van der Waals surface area (Å²) in [7, 11) is 0. The quantitative estimate of drug-likeness (QED) is 0.770. The fourth-order valence-corrected chi connectivity index (χ4v) is 3.03. The van der Waals surface area contributed by atoms with E-state index in [1.807, 2.05) is 4.90 Å². The molecule has 0 bridgehead atoms. The summed E-state index contributed by atoms with van der Waals surface area (Å²) in [5.74, 6) is -2.88. The highest BCUT2D eigenvalue weighted by Gasteiger charge is 2.24. The highest BCUT2D eigenvalue weighted by molar-refractivity contribution is 5.98. The van der Waals surface area contributed by atoms with Crippen molar-refractivity contribution in [1.29, 1.82) is 0 Å². The number of carbonyl (C=O) groups excluding carboxylic acids is 2. The largest absolute Gasteiger partial charge is 0.336 e. The van der Waals surface area contributed by atoms with Gasteiger partial charge in [-0.05, 0) is 48.9 Å². The molecule has 1 amide bonds. The number of ketones is 1. The Kier molecular flexibility index (Phi) is 5.60. The van der Waals surface area contributed by atoms with Gasteiger partial charge in [-0.25, -0.2) is 13.2 Å². The Morgan fingerprint density at radius 1 is 0.852 bits per heavy atom. The summed E-state index contributed by atoms with van der Waals surface area (Å²) in [6.45, 7) is 3.52. The molecule has 1 heterocycles. The molecule has 0 saturated carbocycles. The molecule has 27 heavy (non-hydrogen) atoms. The average Bonchev–Trinajstić information content (AvgIpc) is 2.66. The normalized spacial score (nSPS) is 15.0. The van der Waals surface area contributed by atoms with Gasteiger partial charge in [-0.1, -0.05) is 0 Å². The third kappa shape index (κ3) is 4.36. The first kappa shape index (κ1) is 19.1. The van der Waals surface area contributed by atoms with E-state index in [9.17, 15) is 22.8 Å². The molecule has 1 fully saturated rings. The monoisotopic (exact) mass is 376 g/mol. The van der Waals surface area contributed by atoms with E-state index in [-0.39, 0.29) is 29.6 Å². The van der Waals surface area contributed by atoms with Crippen molar-refractivity contribution in [2.75, 3.05) is 32.7 Å². The Morgan fingerprint density at radius 3 is 2.11 bits per heavy atom. The summed E-state index contributed by atoms with van der Waals surface area (Å²) in [6, 6.07) is 7.36. The molecule has 2 aromatic carbocycles. The molecule has 0 radical (unpaired) electrons. The van der Waals surface area contributed by atoms with Crippen LogP contribution in [0.1, 0.15) is 26.3 Å². The van der Waals surface area contributed by atoms with Gasteiger partial charge in [-0.2, -0.15) is 0 Å². The Balaban J connectivity index is 1.56. The van der Waals surface area contributed by atoms with Crippen LogP contribution in [-0.4, -0.2) is 54.2 Å². The van der Waals surface area contributed by atoms with Crippen LogP contribution in [0.4, 0.5) is 13.2 Å². The van der Waals surface area contributed by atoms with Crippen molar-refractivity contribution in [2.24, 2.45) is 0 Å². The number of halogens is 3. The second-order valence-corrected chi connectivity index (χ2v) is 6.58. The van der Waals surface area contributed by atoms with Crippen molar-refractivity contribution in [3.63, 3.8) is 0 Å². The Morgan fingerprint density at radius 2 is 1.48 bits per heavy atom. The lowest BCUT2D eigenvalue weighted by atomic mass is 10.1. The standard InChI is InChI=1S/C20H19F3N2O2/c1-13-10-14(2-4-16(13)21)19(26)12-24-6-8-25(9-7-24)20(27)15-3-5-17(22)18(23)11-15/h2-5,10-11H,6-9,12H2,1H3. The topological polar surface area (TPSA) is 40.6 Å². The summed E-state index contributed by atoms with van der Waals surface area (Å²) in [5, 5.41) is 0. The predicted molar refractivity (Wildman–Crippen MR) is 94.2 cm³/mol. The van der Waals surface area contributed by atoms with Crippen LogP contribution in [0.5, 0.6) is 0 Å². The van der Waals surface area contributed by atoms with Crippen LogP contribution < -0.4 is 0 Å². The van der Waals surface area contributed by atoms with Gasteiger partial charge >= 0.3 is 0 Å². The SMILES string of the molecule is Cc1cc(C(=O)CN2CCN(C(=O)c3ccc(F)c(F)c3)CC2)ccc1F. The number of piperazine rings is 1. The van der Waals surface area contributed by atoms with Crippen LogP contribution in [0, 0.1) is 24.4 Å². The molecule has 0 aromatic heterocycles. The number of Topliss-reactive ketones (excluding diaryl/α,β-unsaturated/α-hetero) is 1. The molecular formula is C20H19F3N2O2. The lowest BCUT2D eigenvalue weighted by Gasteiger charge is -2.34. The molecule has 0 spiro atoms. The predicted octanol–water partition coefficient (Wildman–Crippen LogP) is 3.05. The Labute approximate surface area is 155 Å². The second-order valence-electron chi connectivity index (χ2n) is 6.58. The summed E-state index contributed by atoms with van der Waals surface area (Å²) in [4.78, 5) is 28.2. The van der Waals surface area contributed by atoms with Gasteiger partial charge in [0.1, 0.15) is 5.82 Å². The summed E-state index contributed by atoms with van der Waals surface area (Å²) in [5.41, 5.74) is 0.970. The zero-order chi connectivity index (χ0) is 19.6. The number of aryl methyl sites for hydroxylation is 1. The van der Waals surface area contributed by atoms with E-state index in [4.69, 9.17) is 0 Å². The minimum atomic E-state index is -1.06. The van der Waals surface area contributed by atoms with Crippen LogP contribution in [0.3, 0.4) is 0 Å². The van der Waals surface area contributed by atoms with E-state index in [0.717, 1.165) is 12.1 Å². The molecule has 0 N–H and O–H groups in total. The van der Waals surface area contributed by atoms with Gasteiger partial charge in [-0.3, -0.25) is 14.5 Å². The molecule has 0 atom stereocenters. The number of hydrogen-bond acceptors (Lipinski definition) is 3. The fraction of sp³-hybridized carbons (Fsp3) is 0.300. The molecule has 0 aliphatic carbocycles. The number of carbonyl (C=O) groups is 2. The number of benzene rings is 2. The molecule has 1 aliphatic heterocycles. The third-order valence-electron chi connectivity index (χ3n) is 4.67. The van der Waals surface area contributed by atoms with E-state index in [0.29, 0.717) is 37.3 Å². The number of amides is 1. The molecule has 1 saturated heterocycles. The van der Waals surface area contributed by atoms with Crippen LogP contribution in [0.15, 0.2) is 36.4 Å². The molecular weight excluding hydrogens is 357 g/mol. The Hall–Kier alpha value is -2.67.